The molecule has 10 heteroatoms. The molecule has 32 heavy (non-hydrogen) atoms. The normalized spacial score (nSPS) is 14.4. The number of rotatable bonds is 6. The SMILES string of the molecule is CC(C)(CO)NC(=O)c1cnn(-c2nccc(-c3ccccc3C(F)(F)F)n2)c1C1CC1. The fourth-order valence-electron chi connectivity index (χ4n) is 3.41. The van der Waals surface area contributed by atoms with Crippen LogP contribution in [0.15, 0.2) is 42.7 Å². The standard InChI is InChI=1S/C22H22F3N5O2/c1-21(2,12-31)29-19(32)15-11-27-30(18(15)13-7-8-13)20-26-10-9-17(28-20)14-5-3-4-6-16(14)22(23,24)25/h3-6,9-11,13,31H,7-8,12H2,1-2H3,(H,29,32). The van der Waals surface area contributed by atoms with Crippen LogP contribution in [0.2, 0.25) is 0 Å². The molecule has 0 spiro atoms. The molecule has 2 N–H and O–H groups in total. The number of amides is 1. The molecule has 0 atom stereocenters. The van der Waals surface area contributed by atoms with Crippen LogP contribution in [-0.2, 0) is 6.18 Å². The van der Waals surface area contributed by atoms with Gasteiger partial charge in [-0.05, 0) is 38.8 Å². The molecular weight excluding hydrogens is 423 g/mol. The van der Waals surface area contributed by atoms with E-state index in [1.165, 1.54) is 41.3 Å². The molecule has 0 bridgehead atoms. The van der Waals surface area contributed by atoms with E-state index in [1.807, 2.05) is 0 Å². The average molecular weight is 445 g/mol. The van der Waals surface area contributed by atoms with Gasteiger partial charge in [0.25, 0.3) is 11.9 Å². The highest BCUT2D eigenvalue weighted by Crippen LogP contribution is 2.42. The molecule has 1 aromatic carbocycles. The van der Waals surface area contributed by atoms with Crippen LogP contribution in [0.1, 0.15) is 54.2 Å². The molecule has 4 rings (SSSR count). The van der Waals surface area contributed by atoms with Gasteiger partial charge in [0.1, 0.15) is 0 Å². The molecule has 1 aliphatic carbocycles. The van der Waals surface area contributed by atoms with Gasteiger partial charge in [-0.2, -0.15) is 18.3 Å². The van der Waals surface area contributed by atoms with Gasteiger partial charge in [0.2, 0.25) is 0 Å². The summed E-state index contributed by atoms with van der Waals surface area (Å²) in [6, 6.07) is 6.61. The number of aliphatic hydroxyl groups is 1. The van der Waals surface area contributed by atoms with Gasteiger partial charge in [-0.15, -0.1) is 0 Å². The third kappa shape index (κ3) is 4.36. The number of benzene rings is 1. The highest BCUT2D eigenvalue weighted by Gasteiger charge is 2.36. The Morgan fingerprint density at radius 1 is 1.22 bits per heavy atom. The molecule has 7 nitrogen and oxygen atoms in total. The molecule has 2 aromatic heterocycles. The van der Waals surface area contributed by atoms with Crippen LogP contribution in [0, 0.1) is 0 Å². The smallest absolute Gasteiger partial charge is 0.394 e. The van der Waals surface area contributed by atoms with E-state index in [9.17, 15) is 23.1 Å². The van der Waals surface area contributed by atoms with E-state index in [4.69, 9.17) is 0 Å². The Kier molecular flexibility index (Phi) is 5.49. The number of alkyl halides is 3. The first-order valence-electron chi connectivity index (χ1n) is 10.1. The number of nitrogens with zero attached hydrogens (tertiary/aromatic N) is 4. The average Bonchev–Trinajstić information content (AvgIpc) is 3.50. The quantitative estimate of drug-likeness (QED) is 0.603. The summed E-state index contributed by atoms with van der Waals surface area (Å²) in [6.45, 7) is 3.14. The Bertz CT molecular complexity index is 1150. The van der Waals surface area contributed by atoms with Crippen molar-refractivity contribution < 1.29 is 23.1 Å². The van der Waals surface area contributed by atoms with Gasteiger partial charge in [0.15, 0.2) is 0 Å². The molecule has 1 amide bonds. The van der Waals surface area contributed by atoms with E-state index in [1.54, 1.807) is 13.8 Å². The lowest BCUT2D eigenvalue weighted by Crippen LogP contribution is -2.46. The van der Waals surface area contributed by atoms with Gasteiger partial charge >= 0.3 is 6.18 Å². The second kappa shape index (κ2) is 8.01. The lowest BCUT2D eigenvalue weighted by atomic mass is 10.0. The Morgan fingerprint density at radius 2 is 1.94 bits per heavy atom. The maximum absolute atomic E-state index is 13.5. The number of nitrogens with one attached hydrogen (secondary N) is 1. The summed E-state index contributed by atoms with van der Waals surface area (Å²) < 4.78 is 41.8. The van der Waals surface area contributed by atoms with Gasteiger partial charge in [-0.25, -0.2) is 14.6 Å². The molecule has 1 saturated carbocycles. The number of aromatic nitrogens is 4. The fraction of sp³-hybridized carbons (Fsp3) is 0.364. The minimum absolute atomic E-state index is 0.0635. The summed E-state index contributed by atoms with van der Waals surface area (Å²) in [5.41, 5.74) is -0.633. The summed E-state index contributed by atoms with van der Waals surface area (Å²) in [6.07, 6.45) is -0.0524. The van der Waals surface area contributed by atoms with Crippen molar-refractivity contribution in [1.82, 2.24) is 25.1 Å². The second-order valence-corrected chi connectivity index (χ2v) is 8.41. The van der Waals surface area contributed by atoms with Crippen LogP contribution in [0.4, 0.5) is 13.2 Å². The highest BCUT2D eigenvalue weighted by molar-refractivity contribution is 5.96. The van der Waals surface area contributed by atoms with Gasteiger partial charge in [-0.3, -0.25) is 4.79 Å². The van der Waals surface area contributed by atoms with E-state index >= 15 is 0 Å². The van der Waals surface area contributed by atoms with Crippen LogP contribution in [0.3, 0.4) is 0 Å². The first kappa shape index (κ1) is 21.9. The number of hydrogen-bond donors (Lipinski definition) is 2. The van der Waals surface area contributed by atoms with Crippen molar-refractivity contribution in [3.05, 3.63) is 59.5 Å². The zero-order chi connectivity index (χ0) is 23.1. The van der Waals surface area contributed by atoms with Gasteiger partial charge in [0, 0.05) is 17.7 Å². The third-order valence-electron chi connectivity index (χ3n) is 5.20. The van der Waals surface area contributed by atoms with E-state index in [-0.39, 0.29) is 29.7 Å². The zero-order valence-corrected chi connectivity index (χ0v) is 17.5. The first-order chi connectivity index (χ1) is 15.1. The summed E-state index contributed by atoms with van der Waals surface area (Å²) in [7, 11) is 0. The lowest BCUT2D eigenvalue weighted by molar-refractivity contribution is -0.137. The Morgan fingerprint density at radius 3 is 2.59 bits per heavy atom. The molecule has 0 unspecified atom stereocenters. The second-order valence-electron chi connectivity index (χ2n) is 8.41. The van der Waals surface area contributed by atoms with Crippen LogP contribution in [0.5, 0.6) is 0 Å². The van der Waals surface area contributed by atoms with Crippen LogP contribution < -0.4 is 5.32 Å². The van der Waals surface area contributed by atoms with Crippen molar-refractivity contribution >= 4 is 5.91 Å². The fourth-order valence-corrected chi connectivity index (χ4v) is 3.41. The summed E-state index contributed by atoms with van der Waals surface area (Å²) in [5.74, 6) is -0.233. The van der Waals surface area contributed by atoms with Crippen molar-refractivity contribution in [3.8, 4) is 17.2 Å². The van der Waals surface area contributed by atoms with Crippen LogP contribution in [-0.4, -0.2) is 42.9 Å². The maximum Gasteiger partial charge on any atom is 0.417 e. The highest BCUT2D eigenvalue weighted by atomic mass is 19.4. The predicted molar refractivity (Wildman–Crippen MR) is 110 cm³/mol. The van der Waals surface area contributed by atoms with Crippen LogP contribution >= 0.6 is 0 Å². The number of carbonyl (C=O) groups is 1. The van der Waals surface area contributed by atoms with Crippen molar-refractivity contribution in [2.24, 2.45) is 0 Å². The lowest BCUT2D eigenvalue weighted by Gasteiger charge is -2.23. The molecule has 168 valence electrons. The Labute approximate surface area is 182 Å². The number of hydrogen-bond acceptors (Lipinski definition) is 5. The minimum Gasteiger partial charge on any atom is -0.394 e. The maximum atomic E-state index is 13.5. The monoisotopic (exact) mass is 445 g/mol. The molecule has 0 radical (unpaired) electrons. The van der Waals surface area contributed by atoms with Crippen molar-refractivity contribution in [2.75, 3.05) is 6.61 Å². The molecular formula is C22H22F3N5O2. The topological polar surface area (TPSA) is 92.9 Å². The predicted octanol–water partition coefficient (Wildman–Crippen LogP) is 3.73. The summed E-state index contributed by atoms with van der Waals surface area (Å²) >= 11 is 0. The van der Waals surface area contributed by atoms with Crippen molar-refractivity contribution in [1.29, 1.82) is 0 Å². The van der Waals surface area contributed by atoms with E-state index < -0.39 is 23.2 Å². The molecule has 0 saturated heterocycles. The number of carbonyl (C=O) groups excluding carboxylic acids is 1. The van der Waals surface area contributed by atoms with E-state index in [2.05, 4.69) is 20.4 Å². The van der Waals surface area contributed by atoms with Gasteiger partial charge in [-0.1, -0.05) is 18.2 Å². The van der Waals surface area contributed by atoms with Crippen LogP contribution in [0.25, 0.3) is 17.2 Å². The molecule has 1 fully saturated rings. The minimum atomic E-state index is -4.53. The van der Waals surface area contributed by atoms with Gasteiger partial charge < -0.3 is 10.4 Å². The van der Waals surface area contributed by atoms with Gasteiger partial charge in [0.05, 0.1) is 40.9 Å². The summed E-state index contributed by atoms with van der Waals surface area (Å²) in [5, 5.41) is 16.5. The Balaban J connectivity index is 1.76. The molecule has 2 heterocycles. The van der Waals surface area contributed by atoms with Crippen molar-refractivity contribution in [3.63, 3.8) is 0 Å². The zero-order valence-electron chi connectivity index (χ0n) is 17.5. The number of aliphatic hydroxyl groups excluding tert-OH is 1. The summed E-state index contributed by atoms with van der Waals surface area (Å²) in [4.78, 5) is 21.4. The molecule has 1 aliphatic rings. The van der Waals surface area contributed by atoms with E-state index in [0.29, 0.717) is 11.3 Å². The van der Waals surface area contributed by atoms with E-state index in [0.717, 1.165) is 18.9 Å². The first-order valence-corrected chi connectivity index (χ1v) is 10.1. The molecule has 0 aliphatic heterocycles. The third-order valence-corrected chi connectivity index (χ3v) is 5.20. The Hall–Kier alpha value is -3.27. The largest absolute Gasteiger partial charge is 0.417 e. The van der Waals surface area contributed by atoms with Crippen molar-refractivity contribution in [2.45, 2.75) is 44.3 Å². The molecule has 3 aromatic rings. The number of halogens is 3.